The van der Waals surface area contributed by atoms with E-state index in [1.54, 1.807) is 31.4 Å². The molecule has 20 nitrogen and oxygen atoms in total. The summed E-state index contributed by atoms with van der Waals surface area (Å²) in [6.07, 6.45) is 2.52. The number of ether oxygens (including phenoxy) is 2. The number of amides is 7. The van der Waals surface area contributed by atoms with Crippen LogP contribution in [0.1, 0.15) is 159 Å². The van der Waals surface area contributed by atoms with Crippen molar-refractivity contribution in [3.05, 3.63) is 51.5 Å². The molecular formula is C59H92N8O12S2. The van der Waals surface area contributed by atoms with Crippen molar-refractivity contribution in [1.82, 2.24) is 41.0 Å². The van der Waals surface area contributed by atoms with Crippen LogP contribution in [0.15, 0.2) is 29.6 Å². The van der Waals surface area contributed by atoms with Gasteiger partial charge in [0.25, 0.3) is 5.91 Å². The third-order valence-electron chi connectivity index (χ3n) is 15.5. The maximum Gasteiger partial charge on any atom is 0.303 e. The average molecular weight is 1170 g/mol. The molecule has 452 valence electrons. The van der Waals surface area contributed by atoms with Crippen molar-refractivity contribution < 1.29 is 57.4 Å². The lowest BCUT2D eigenvalue weighted by atomic mass is 9.81. The fourth-order valence-electron chi connectivity index (χ4n) is 9.45. The molecule has 0 spiro atoms. The molecule has 1 aliphatic heterocycles. The van der Waals surface area contributed by atoms with Crippen LogP contribution in [0.5, 0.6) is 0 Å². The largest absolute Gasteiger partial charge is 0.455 e. The highest BCUT2D eigenvalue weighted by Crippen LogP contribution is 2.33. The molecule has 8 atom stereocenters. The van der Waals surface area contributed by atoms with Crippen LogP contribution < -0.4 is 21.3 Å². The zero-order valence-electron chi connectivity index (χ0n) is 50.4. The van der Waals surface area contributed by atoms with Crippen molar-refractivity contribution in [2.24, 2.45) is 23.7 Å². The molecular weight excluding hydrogens is 1080 g/mol. The molecule has 1 saturated heterocycles. The Kier molecular flexibility index (Phi) is 29.4. The van der Waals surface area contributed by atoms with Gasteiger partial charge in [-0.1, -0.05) is 70.9 Å². The van der Waals surface area contributed by atoms with E-state index in [2.05, 4.69) is 21.3 Å². The van der Waals surface area contributed by atoms with E-state index < -0.39 is 64.6 Å². The third kappa shape index (κ3) is 22.3. The second-order valence-electron chi connectivity index (χ2n) is 22.5. The predicted octanol–water partition coefficient (Wildman–Crippen LogP) is 6.02. The maximum atomic E-state index is 14.4. The molecule has 0 saturated carbocycles. The summed E-state index contributed by atoms with van der Waals surface area (Å²) >= 11 is 2.23. The number of nitrogens with one attached hydrogen (secondary N) is 4. The summed E-state index contributed by atoms with van der Waals surface area (Å²) in [6.45, 7) is 17.3. The predicted molar refractivity (Wildman–Crippen MR) is 314 cm³/mol. The number of likely N-dealkylation sites (tertiary alicyclic amines) is 1. The molecule has 4 unspecified atom stereocenters. The minimum absolute atomic E-state index is 0.000976. The fourth-order valence-corrected chi connectivity index (χ4v) is 11.3. The number of thiazole rings is 1. The van der Waals surface area contributed by atoms with Gasteiger partial charge in [-0.2, -0.15) is 0 Å². The molecule has 81 heavy (non-hydrogen) atoms. The van der Waals surface area contributed by atoms with Gasteiger partial charge in [0.05, 0.1) is 22.6 Å². The molecule has 2 aromatic rings. The Hall–Kier alpha value is -5.58. The normalized spacial score (nSPS) is 16.2. The number of hydrogen-bond acceptors (Lipinski definition) is 16. The SMILES string of the molecule is CCC(C)[C@H](CC(=O)C(C)(C)N(C)C)C(=O)N(C)[C@H](C[C@@H](OC(C)=O)c1nc(C(=O)N[C@@H](Cc2ccc(C)cc2)CC(C)C(=O)NC(CCCCNC(=O)CSC2CC(=O)N(CCC(=O)NC)C2=O)C(=O)CCCOC)cs1)C(C)C. The summed E-state index contributed by atoms with van der Waals surface area (Å²) in [5, 5.41) is 12.6. The van der Waals surface area contributed by atoms with Gasteiger partial charge >= 0.3 is 5.97 Å². The Morgan fingerprint density at radius 2 is 1.60 bits per heavy atom. The van der Waals surface area contributed by atoms with Gasteiger partial charge < -0.3 is 35.6 Å². The number of carbonyl (C=O) groups is 10. The quantitative estimate of drug-likeness (QED) is 0.0343. The van der Waals surface area contributed by atoms with Crippen LogP contribution in [0, 0.1) is 30.6 Å². The molecule has 2 heterocycles. The van der Waals surface area contributed by atoms with Crippen LogP contribution in [0.4, 0.5) is 0 Å². The zero-order chi connectivity index (χ0) is 60.7. The highest BCUT2D eigenvalue weighted by atomic mass is 32.2. The Labute approximate surface area is 488 Å². The van der Waals surface area contributed by atoms with Gasteiger partial charge in [-0.15, -0.1) is 23.1 Å². The zero-order valence-corrected chi connectivity index (χ0v) is 52.0. The van der Waals surface area contributed by atoms with E-state index in [9.17, 15) is 47.9 Å². The highest BCUT2D eigenvalue weighted by molar-refractivity contribution is 8.01. The number of unbranched alkanes of at least 4 members (excludes halogenated alkanes) is 1. The summed E-state index contributed by atoms with van der Waals surface area (Å²) in [4.78, 5) is 141. The van der Waals surface area contributed by atoms with Crippen molar-refractivity contribution in [2.45, 2.75) is 174 Å². The molecule has 1 aliphatic rings. The molecule has 22 heteroatoms. The van der Waals surface area contributed by atoms with Crippen LogP contribution in [0.25, 0.3) is 0 Å². The Morgan fingerprint density at radius 3 is 2.21 bits per heavy atom. The number of Topliss-reactive ketones (excluding diaryl/α,β-unsaturated/α-hetero) is 2. The van der Waals surface area contributed by atoms with E-state index in [4.69, 9.17) is 14.5 Å². The number of likely N-dealkylation sites (N-methyl/N-ethyl adjacent to an activating group) is 1. The third-order valence-corrected chi connectivity index (χ3v) is 17.6. The number of benzene rings is 1. The smallest absolute Gasteiger partial charge is 0.303 e. The van der Waals surface area contributed by atoms with Crippen molar-refractivity contribution in [3.8, 4) is 0 Å². The molecule has 0 bridgehead atoms. The first-order chi connectivity index (χ1) is 38.1. The molecule has 1 fully saturated rings. The van der Waals surface area contributed by atoms with Crippen LogP contribution in [0.2, 0.25) is 0 Å². The number of ketones is 2. The van der Waals surface area contributed by atoms with Crippen LogP contribution >= 0.6 is 23.1 Å². The first kappa shape index (κ1) is 69.7. The second-order valence-corrected chi connectivity index (χ2v) is 24.6. The summed E-state index contributed by atoms with van der Waals surface area (Å²) < 4.78 is 11.1. The van der Waals surface area contributed by atoms with E-state index >= 15 is 0 Å². The van der Waals surface area contributed by atoms with Gasteiger partial charge in [-0.3, -0.25) is 57.7 Å². The van der Waals surface area contributed by atoms with Gasteiger partial charge in [0.2, 0.25) is 35.4 Å². The van der Waals surface area contributed by atoms with Crippen molar-refractivity contribution in [2.75, 3.05) is 60.7 Å². The first-order valence-electron chi connectivity index (χ1n) is 28.4. The standard InChI is InChI=1S/C59H92N8O12S2/c1-15-38(5)43(31-50(70)59(8,9)65(11)12)57(76)66(13)46(36(2)3)32-48(79-40(7)68)56-64-45(34-81-56)55(75)62-42(30-41-23-21-37(4)22-24-41)29-39(6)54(74)63-44(47(69)20-18-28-78-14)19-16-17-26-61-52(72)35-80-49-33-53(73)67(58(49)77)27-25-51(71)60-10/h21-24,34,36,38-39,42-44,46,48-49H,15-20,25-33,35H2,1-14H3,(H,60,71)(H,61,72)(H,62,75)(H,63,74)/t38?,39?,42-,43+,44?,46-,48-,49?/m1/s1. The Morgan fingerprint density at radius 1 is 0.926 bits per heavy atom. The summed E-state index contributed by atoms with van der Waals surface area (Å²) in [7, 11) is 8.43. The van der Waals surface area contributed by atoms with E-state index in [0.29, 0.717) is 50.1 Å². The lowest BCUT2D eigenvalue weighted by Gasteiger charge is -2.38. The van der Waals surface area contributed by atoms with Crippen molar-refractivity contribution in [1.29, 1.82) is 0 Å². The van der Waals surface area contributed by atoms with E-state index in [0.717, 1.165) is 39.1 Å². The van der Waals surface area contributed by atoms with Crippen LogP contribution in [0.3, 0.4) is 0 Å². The highest BCUT2D eigenvalue weighted by Gasteiger charge is 2.41. The molecule has 4 N–H and O–H groups in total. The Bertz CT molecular complexity index is 2450. The van der Waals surface area contributed by atoms with E-state index in [-0.39, 0.29) is 116 Å². The maximum absolute atomic E-state index is 14.4. The van der Waals surface area contributed by atoms with Crippen LogP contribution in [-0.4, -0.2) is 168 Å². The van der Waals surface area contributed by atoms with Crippen molar-refractivity contribution in [3.63, 3.8) is 0 Å². The molecule has 7 amide bonds. The molecule has 0 radical (unpaired) electrons. The molecule has 3 rings (SSSR count). The number of imide groups is 1. The number of aryl methyl sites for hydroxylation is 1. The second kappa shape index (κ2) is 34.1. The topological polar surface area (TPSA) is 260 Å². The van der Waals surface area contributed by atoms with Crippen LogP contribution in [-0.2, 0) is 59.0 Å². The van der Waals surface area contributed by atoms with Gasteiger partial charge in [0, 0.05) is 109 Å². The minimum Gasteiger partial charge on any atom is -0.455 e. The number of methoxy groups -OCH3 is 1. The summed E-state index contributed by atoms with van der Waals surface area (Å²) in [5.74, 6) is -4.66. The number of nitrogens with zero attached hydrogens (tertiary/aromatic N) is 4. The van der Waals surface area contributed by atoms with Crippen molar-refractivity contribution >= 4 is 82.0 Å². The number of aromatic nitrogens is 1. The average Bonchev–Trinajstić information content (AvgIpc) is 4.10. The monoisotopic (exact) mass is 1170 g/mol. The Balaban J connectivity index is 1.74. The lowest BCUT2D eigenvalue weighted by Crippen LogP contribution is -2.50. The number of hydrogen-bond donors (Lipinski definition) is 4. The van der Waals surface area contributed by atoms with Gasteiger partial charge in [0.1, 0.15) is 10.7 Å². The summed E-state index contributed by atoms with van der Waals surface area (Å²) in [5.41, 5.74) is 1.29. The number of rotatable bonds is 37. The number of carbonyl (C=O) groups excluding carboxylic acids is 10. The number of thioether (sulfide) groups is 1. The van der Waals surface area contributed by atoms with Gasteiger partial charge in [-0.05, 0) is 90.8 Å². The van der Waals surface area contributed by atoms with Gasteiger partial charge in [-0.25, -0.2) is 4.98 Å². The molecule has 0 aliphatic carbocycles. The minimum atomic E-state index is -0.904. The fraction of sp³-hybridized carbons (Fsp3) is 0.678. The molecule has 1 aromatic carbocycles. The van der Waals surface area contributed by atoms with E-state index in [1.165, 1.54) is 14.0 Å². The molecule has 1 aromatic heterocycles. The lowest BCUT2D eigenvalue weighted by molar-refractivity contribution is -0.150. The van der Waals surface area contributed by atoms with E-state index in [1.807, 2.05) is 91.7 Å². The number of esters is 1. The van der Waals surface area contributed by atoms with Gasteiger partial charge in [0.15, 0.2) is 17.7 Å². The first-order valence-corrected chi connectivity index (χ1v) is 30.3. The summed E-state index contributed by atoms with van der Waals surface area (Å²) in [6, 6.07) is 6.05.